The Morgan fingerprint density at radius 1 is 0.864 bits per heavy atom. The van der Waals surface area contributed by atoms with E-state index in [0.29, 0.717) is 16.5 Å². The van der Waals surface area contributed by atoms with Gasteiger partial charge >= 0.3 is 0 Å². The quantitative estimate of drug-likeness (QED) is 0.132. The number of imidazole rings is 1. The van der Waals surface area contributed by atoms with Crippen molar-refractivity contribution >= 4 is 53.3 Å². The summed E-state index contributed by atoms with van der Waals surface area (Å²) in [5.74, 6) is 0.659. The lowest BCUT2D eigenvalue weighted by atomic mass is 10.0. The van der Waals surface area contributed by atoms with Crippen LogP contribution in [0.15, 0.2) is 97.2 Å². The van der Waals surface area contributed by atoms with Gasteiger partial charge < -0.3 is 24.8 Å². The Hall–Kier alpha value is -3.95. The molecule has 1 aromatic heterocycles. The van der Waals surface area contributed by atoms with Crippen LogP contribution in [-0.4, -0.2) is 48.2 Å². The number of thiol groups is 1. The predicted octanol–water partition coefficient (Wildman–Crippen LogP) is 6.89. The maximum atomic E-state index is 11.6. The molecule has 7 nitrogen and oxygen atoms in total. The van der Waals surface area contributed by atoms with Crippen LogP contribution < -0.4 is 20.3 Å². The van der Waals surface area contributed by atoms with Gasteiger partial charge in [0.05, 0.1) is 17.3 Å². The van der Waals surface area contributed by atoms with Crippen LogP contribution in [0.2, 0.25) is 10.0 Å². The number of carbonyl (C=O) groups is 1. The average Bonchev–Trinajstić information content (AvgIpc) is 3.47. The molecule has 44 heavy (non-hydrogen) atoms. The fraction of sp³-hybridized carbons (Fsp3) is 0.176. The SMILES string of the molecule is O=C(CNc1ccc(-n2cc(-c3ccc(Cl)cc3Cl)nc2Cc2ccc(-c3ccc(N4CCNCC4)cc3)cc2)cc1)NS. The predicted molar refractivity (Wildman–Crippen MR) is 184 cm³/mol. The topological polar surface area (TPSA) is 74.2 Å². The highest BCUT2D eigenvalue weighted by Gasteiger charge is 2.15. The van der Waals surface area contributed by atoms with Gasteiger partial charge in [0, 0.05) is 66.4 Å². The summed E-state index contributed by atoms with van der Waals surface area (Å²) in [6.07, 6.45) is 2.62. The zero-order chi connectivity index (χ0) is 30.5. The van der Waals surface area contributed by atoms with Gasteiger partial charge in [0.2, 0.25) is 5.91 Å². The van der Waals surface area contributed by atoms with Crippen molar-refractivity contribution in [3.8, 4) is 28.1 Å². The molecule has 1 aliphatic heterocycles. The van der Waals surface area contributed by atoms with Crippen molar-refractivity contribution in [3.63, 3.8) is 0 Å². The normalized spacial score (nSPS) is 13.1. The Kier molecular flexibility index (Phi) is 9.43. The lowest BCUT2D eigenvalue weighted by molar-refractivity contribution is -0.117. The summed E-state index contributed by atoms with van der Waals surface area (Å²) in [7, 11) is 0. The van der Waals surface area contributed by atoms with Crippen molar-refractivity contribution in [1.82, 2.24) is 19.6 Å². The number of halogens is 2. The summed E-state index contributed by atoms with van der Waals surface area (Å²) in [5, 5.41) is 7.62. The molecule has 2 heterocycles. The van der Waals surface area contributed by atoms with E-state index in [2.05, 4.69) is 86.2 Å². The molecule has 0 aliphatic carbocycles. The second-order valence-electron chi connectivity index (χ2n) is 10.6. The Balaban J connectivity index is 1.25. The smallest absolute Gasteiger partial charge is 0.248 e. The summed E-state index contributed by atoms with van der Waals surface area (Å²) >= 11 is 16.5. The van der Waals surface area contributed by atoms with Crippen LogP contribution in [0.4, 0.5) is 11.4 Å². The lowest BCUT2D eigenvalue weighted by Crippen LogP contribution is -2.43. The molecule has 6 rings (SSSR count). The molecule has 3 N–H and O–H groups in total. The second kappa shape index (κ2) is 13.8. The Morgan fingerprint density at radius 3 is 2.18 bits per heavy atom. The van der Waals surface area contributed by atoms with E-state index in [4.69, 9.17) is 28.2 Å². The van der Waals surface area contributed by atoms with E-state index in [1.165, 1.54) is 16.8 Å². The van der Waals surface area contributed by atoms with E-state index in [1.807, 2.05) is 42.6 Å². The van der Waals surface area contributed by atoms with Crippen molar-refractivity contribution < 1.29 is 4.79 Å². The summed E-state index contributed by atoms with van der Waals surface area (Å²) in [6.45, 7) is 4.25. The number of aromatic nitrogens is 2. The van der Waals surface area contributed by atoms with Crippen LogP contribution >= 0.6 is 36.0 Å². The minimum absolute atomic E-state index is 0.134. The molecule has 1 fully saturated rings. The van der Waals surface area contributed by atoms with Crippen molar-refractivity contribution in [3.05, 3.63) is 119 Å². The number of hydrogen-bond acceptors (Lipinski definition) is 6. The molecule has 5 aromatic rings. The summed E-state index contributed by atoms with van der Waals surface area (Å²) in [4.78, 5) is 19.0. The number of amides is 1. The first-order valence-electron chi connectivity index (χ1n) is 14.4. The molecule has 0 saturated carbocycles. The number of hydrogen-bond donors (Lipinski definition) is 4. The molecule has 0 spiro atoms. The van der Waals surface area contributed by atoms with Crippen molar-refractivity contribution in [2.75, 3.05) is 42.9 Å². The first-order valence-corrected chi connectivity index (χ1v) is 15.6. The van der Waals surface area contributed by atoms with E-state index in [-0.39, 0.29) is 12.5 Å². The van der Waals surface area contributed by atoms with E-state index in [0.717, 1.165) is 60.2 Å². The van der Waals surface area contributed by atoms with E-state index >= 15 is 0 Å². The monoisotopic (exact) mass is 642 g/mol. The molecular weight excluding hydrogens is 611 g/mol. The number of piperazine rings is 1. The Labute approximate surface area is 272 Å². The number of nitrogens with one attached hydrogen (secondary N) is 3. The third-order valence-electron chi connectivity index (χ3n) is 7.71. The molecule has 0 radical (unpaired) electrons. The zero-order valence-electron chi connectivity index (χ0n) is 23.9. The van der Waals surface area contributed by atoms with Gasteiger partial charge in [-0.1, -0.05) is 72.4 Å². The van der Waals surface area contributed by atoms with Crippen molar-refractivity contribution in [2.45, 2.75) is 6.42 Å². The number of benzene rings is 4. The first kappa shape index (κ1) is 30.1. The highest BCUT2D eigenvalue weighted by atomic mass is 35.5. The zero-order valence-corrected chi connectivity index (χ0v) is 26.3. The van der Waals surface area contributed by atoms with E-state index in [9.17, 15) is 4.79 Å². The molecule has 10 heteroatoms. The first-order chi connectivity index (χ1) is 21.5. The fourth-order valence-corrected chi connectivity index (χ4v) is 5.93. The molecule has 1 saturated heterocycles. The number of nitrogens with zero attached hydrogens (tertiary/aromatic N) is 3. The van der Waals surface area contributed by atoms with Crippen molar-refractivity contribution in [1.29, 1.82) is 0 Å². The van der Waals surface area contributed by atoms with E-state index in [1.54, 1.807) is 6.07 Å². The third-order valence-corrected chi connectivity index (χ3v) is 8.51. The standard InChI is InChI=1S/C34H32Cl2N6OS/c35-26-7-14-30(31(36)20-26)32-22-42(29-12-8-27(9-13-29)38-21-34(43)40-44)33(39-32)19-23-1-3-24(4-2-23)25-5-10-28(11-6-25)41-17-15-37-16-18-41/h1-14,20,22,37-38,44H,15-19,21H2,(H,40,43). The molecule has 1 amide bonds. The fourth-order valence-electron chi connectivity index (χ4n) is 5.34. The van der Waals surface area contributed by atoms with Gasteiger partial charge in [-0.25, -0.2) is 4.98 Å². The minimum Gasteiger partial charge on any atom is -0.376 e. The molecule has 0 unspecified atom stereocenters. The molecular formula is C34H32Cl2N6OS. The molecule has 224 valence electrons. The lowest BCUT2D eigenvalue weighted by Gasteiger charge is -2.29. The summed E-state index contributed by atoms with van der Waals surface area (Å²) in [6, 6.07) is 30.8. The Morgan fingerprint density at radius 2 is 1.52 bits per heavy atom. The summed E-state index contributed by atoms with van der Waals surface area (Å²) < 4.78 is 4.39. The maximum absolute atomic E-state index is 11.6. The number of carbonyl (C=O) groups excluding carboxylic acids is 1. The average molecular weight is 644 g/mol. The van der Waals surface area contributed by atoms with Crippen LogP contribution in [0, 0.1) is 0 Å². The molecule has 0 bridgehead atoms. The van der Waals surface area contributed by atoms with Gasteiger partial charge in [-0.3, -0.25) is 4.79 Å². The van der Waals surface area contributed by atoms with Crippen molar-refractivity contribution in [2.24, 2.45) is 0 Å². The second-order valence-corrected chi connectivity index (χ2v) is 11.7. The highest BCUT2D eigenvalue weighted by molar-refractivity contribution is 7.78. The molecule has 4 aromatic carbocycles. The number of anilines is 2. The van der Waals surface area contributed by atoms with Gasteiger partial charge in [0.15, 0.2) is 0 Å². The van der Waals surface area contributed by atoms with E-state index < -0.39 is 0 Å². The van der Waals surface area contributed by atoms with Gasteiger partial charge in [-0.2, -0.15) is 0 Å². The minimum atomic E-state index is -0.211. The van der Waals surface area contributed by atoms with Crippen LogP contribution in [0.25, 0.3) is 28.1 Å². The van der Waals surface area contributed by atoms with Crippen LogP contribution in [0.5, 0.6) is 0 Å². The largest absolute Gasteiger partial charge is 0.376 e. The van der Waals surface area contributed by atoms with Gasteiger partial charge in [-0.05, 0) is 71.3 Å². The summed E-state index contributed by atoms with van der Waals surface area (Å²) in [5.41, 5.74) is 8.11. The van der Waals surface area contributed by atoms with Crippen LogP contribution in [0.1, 0.15) is 11.4 Å². The van der Waals surface area contributed by atoms with Gasteiger partial charge in [0.25, 0.3) is 0 Å². The molecule has 0 atom stereocenters. The van der Waals surface area contributed by atoms with Crippen LogP contribution in [0.3, 0.4) is 0 Å². The molecule has 1 aliphatic rings. The van der Waals surface area contributed by atoms with Gasteiger partial charge in [-0.15, -0.1) is 0 Å². The third kappa shape index (κ3) is 7.05. The Bertz CT molecular complexity index is 1730. The van der Waals surface area contributed by atoms with Gasteiger partial charge in [0.1, 0.15) is 5.82 Å². The highest BCUT2D eigenvalue weighted by Crippen LogP contribution is 2.32. The maximum Gasteiger partial charge on any atom is 0.248 e. The number of rotatable bonds is 9. The van der Waals surface area contributed by atoms with Crippen LogP contribution in [-0.2, 0) is 11.2 Å².